The Morgan fingerprint density at radius 2 is 2.00 bits per heavy atom. The number of carbonyl (C=O) groups excluding carboxylic acids is 2. The molecule has 2 N–H and O–H groups in total. The van der Waals surface area contributed by atoms with E-state index in [0.717, 1.165) is 29.3 Å². The van der Waals surface area contributed by atoms with Crippen molar-refractivity contribution in [2.45, 2.75) is 45.6 Å². The molecule has 0 radical (unpaired) electrons. The van der Waals surface area contributed by atoms with Crippen LogP contribution < -0.4 is 5.32 Å². The molecule has 1 aliphatic carbocycles. The molecular formula is C23H24BrN3O3. The van der Waals surface area contributed by atoms with E-state index in [9.17, 15) is 9.59 Å². The maximum atomic E-state index is 13.2. The minimum absolute atomic E-state index is 0.177. The number of carbonyl (C=O) groups is 2. The number of benzene rings is 1. The van der Waals surface area contributed by atoms with Gasteiger partial charge in [-0.15, -0.1) is 0 Å². The second-order valence-corrected chi connectivity index (χ2v) is 8.96. The number of H-pyrrole nitrogens is 1. The Balaban J connectivity index is 1.54. The quantitative estimate of drug-likeness (QED) is 0.497. The lowest BCUT2D eigenvalue weighted by atomic mass is 9.87. The molecule has 7 heteroatoms. The van der Waals surface area contributed by atoms with E-state index in [2.05, 4.69) is 38.3 Å². The fraction of sp³-hybridized carbons (Fsp3) is 0.348. The fourth-order valence-electron chi connectivity index (χ4n) is 4.07. The minimum Gasteiger partial charge on any atom is -0.360 e. The van der Waals surface area contributed by atoms with Gasteiger partial charge in [0.15, 0.2) is 5.78 Å². The third-order valence-corrected chi connectivity index (χ3v) is 6.20. The van der Waals surface area contributed by atoms with Crippen LogP contribution in [0, 0.1) is 12.8 Å². The first-order valence-corrected chi connectivity index (χ1v) is 11.0. The van der Waals surface area contributed by atoms with Gasteiger partial charge in [0.25, 0.3) is 5.91 Å². The molecule has 156 valence electrons. The van der Waals surface area contributed by atoms with Gasteiger partial charge < -0.3 is 14.8 Å². The smallest absolute Gasteiger partial charge is 0.267 e. The third-order valence-electron chi connectivity index (χ3n) is 5.67. The second kappa shape index (κ2) is 8.60. The Hall–Kier alpha value is -2.67. The molecule has 0 saturated heterocycles. The highest BCUT2D eigenvalue weighted by Crippen LogP contribution is 2.29. The van der Waals surface area contributed by atoms with E-state index in [0.29, 0.717) is 34.2 Å². The minimum atomic E-state index is -0.228. The molecule has 2 heterocycles. The Bertz CT molecular complexity index is 1070. The zero-order valence-electron chi connectivity index (χ0n) is 17.0. The number of aryl methyl sites for hydroxylation is 1. The molecule has 2 atom stereocenters. The molecular weight excluding hydrogens is 446 g/mol. The molecule has 6 nitrogen and oxygen atoms in total. The maximum Gasteiger partial charge on any atom is 0.267 e. The largest absolute Gasteiger partial charge is 0.360 e. The molecule has 2 unspecified atom stereocenters. The topological polar surface area (TPSA) is 88.0 Å². The Morgan fingerprint density at radius 1 is 1.23 bits per heavy atom. The highest BCUT2D eigenvalue weighted by molar-refractivity contribution is 9.10. The van der Waals surface area contributed by atoms with Gasteiger partial charge in [-0.25, -0.2) is 0 Å². The molecule has 1 aliphatic rings. The van der Waals surface area contributed by atoms with Gasteiger partial charge in [0.05, 0.1) is 5.56 Å². The Morgan fingerprint density at radius 3 is 2.73 bits per heavy atom. The first-order chi connectivity index (χ1) is 14.4. The van der Waals surface area contributed by atoms with Crippen LogP contribution in [0.15, 0.2) is 45.5 Å². The average Bonchev–Trinajstić information content (AvgIpc) is 3.35. The molecule has 0 spiro atoms. The SMILES string of the molecule is Cc1onc(-c2ccc(Br)cc2)c1C(=O)c1c[nH]c(C(=O)NC2CCCC(C)C2)c1. The molecule has 1 amide bonds. The molecule has 1 aromatic carbocycles. The van der Waals surface area contributed by atoms with E-state index < -0.39 is 0 Å². The zero-order chi connectivity index (χ0) is 21.3. The Labute approximate surface area is 183 Å². The zero-order valence-corrected chi connectivity index (χ0v) is 18.6. The normalized spacial score (nSPS) is 18.9. The van der Waals surface area contributed by atoms with Crippen LogP contribution in [0.5, 0.6) is 0 Å². The summed E-state index contributed by atoms with van der Waals surface area (Å²) in [5.74, 6) is 0.663. The average molecular weight is 470 g/mol. The van der Waals surface area contributed by atoms with Crippen molar-refractivity contribution in [3.05, 3.63) is 63.6 Å². The summed E-state index contributed by atoms with van der Waals surface area (Å²) in [4.78, 5) is 28.8. The summed E-state index contributed by atoms with van der Waals surface area (Å²) < 4.78 is 6.25. The highest BCUT2D eigenvalue weighted by atomic mass is 79.9. The number of nitrogens with zero attached hydrogens (tertiary/aromatic N) is 1. The van der Waals surface area contributed by atoms with Gasteiger partial charge in [-0.2, -0.15) is 0 Å². The summed E-state index contributed by atoms with van der Waals surface area (Å²) in [6, 6.07) is 9.31. The molecule has 2 aromatic heterocycles. The summed E-state index contributed by atoms with van der Waals surface area (Å²) in [5, 5.41) is 7.18. The number of hydrogen-bond donors (Lipinski definition) is 2. The summed E-state index contributed by atoms with van der Waals surface area (Å²) in [7, 11) is 0. The molecule has 1 saturated carbocycles. The molecule has 4 rings (SSSR count). The van der Waals surface area contributed by atoms with E-state index in [4.69, 9.17) is 4.52 Å². The summed E-state index contributed by atoms with van der Waals surface area (Å²) in [6.45, 7) is 3.93. The van der Waals surface area contributed by atoms with E-state index in [1.807, 2.05) is 24.3 Å². The van der Waals surface area contributed by atoms with Crippen molar-refractivity contribution in [1.29, 1.82) is 0 Å². The van der Waals surface area contributed by atoms with Crippen LogP contribution in [0.4, 0.5) is 0 Å². The first-order valence-electron chi connectivity index (χ1n) is 10.2. The Kier molecular flexibility index (Phi) is 5.90. The van der Waals surface area contributed by atoms with E-state index in [1.165, 1.54) is 6.42 Å². The van der Waals surface area contributed by atoms with Gasteiger partial charge in [-0.05, 0) is 43.9 Å². The number of ketones is 1. The van der Waals surface area contributed by atoms with Crippen molar-refractivity contribution in [2.75, 3.05) is 0 Å². The molecule has 0 bridgehead atoms. The van der Waals surface area contributed by atoms with Gasteiger partial charge >= 0.3 is 0 Å². The van der Waals surface area contributed by atoms with Crippen molar-refractivity contribution in [3.63, 3.8) is 0 Å². The molecule has 3 aromatic rings. The first kappa shape index (κ1) is 20.6. The second-order valence-electron chi connectivity index (χ2n) is 8.04. The summed E-state index contributed by atoms with van der Waals surface area (Å²) in [6.07, 6.45) is 5.91. The van der Waals surface area contributed by atoms with Crippen LogP contribution in [-0.2, 0) is 0 Å². The number of nitrogens with one attached hydrogen (secondary N) is 2. The molecule has 1 fully saturated rings. The number of aromatic nitrogens is 2. The predicted molar refractivity (Wildman–Crippen MR) is 117 cm³/mol. The monoisotopic (exact) mass is 469 g/mol. The number of hydrogen-bond acceptors (Lipinski definition) is 4. The lowest BCUT2D eigenvalue weighted by molar-refractivity contribution is 0.0916. The van der Waals surface area contributed by atoms with Crippen LogP contribution in [0.25, 0.3) is 11.3 Å². The van der Waals surface area contributed by atoms with E-state index in [1.54, 1.807) is 19.2 Å². The van der Waals surface area contributed by atoms with Gasteiger partial charge in [-0.3, -0.25) is 9.59 Å². The lowest BCUT2D eigenvalue weighted by Gasteiger charge is -2.27. The van der Waals surface area contributed by atoms with Gasteiger partial charge in [-0.1, -0.05) is 53.0 Å². The van der Waals surface area contributed by atoms with Gasteiger partial charge in [0.2, 0.25) is 0 Å². The van der Waals surface area contributed by atoms with Crippen LogP contribution in [-0.4, -0.2) is 27.9 Å². The lowest BCUT2D eigenvalue weighted by Crippen LogP contribution is -2.38. The standard InChI is InChI=1S/C23H24BrN3O3/c1-13-4-3-5-18(10-13)26-23(29)19-11-16(12-25-19)22(28)20-14(2)30-27-21(20)15-6-8-17(24)9-7-15/h6-9,11-13,18,25H,3-5,10H2,1-2H3,(H,26,29). The number of amides is 1. The van der Waals surface area contributed by atoms with Crippen LogP contribution in [0.3, 0.4) is 0 Å². The van der Waals surface area contributed by atoms with Crippen LogP contribution >= 0.6 is 15.9 Å². The van der Waals surface area contributed by atoms with Crippen molar-refractivity contribution >= 4 is 27.6 Å². The summed E-state index contributed by atoms with van der Waals surface area (Å²) >= 11 is 3.41. The molecule has 30 heavy (non-hydrogen) atoms. The van der Waals surface area contributed by atoms with Crippen LogP contribution in [0.1, 0.15) is 64.8 Å². The van der Waals surface area contributed by atoms with Crippen molar-refractivity contribution in [3.8, 4) is 11.3 Å². The third kappa shape index (κ3) is 4.26. The van der Waals surface area contributed by atoms with E-state index >= 15 is 0 Å². The van der Waals surface area contributed by atoms with Gasteiger partial charge in [0, 0.05) is 27.8 Å². The number of halogens is 1. The van der Waals surface area contributed by atoms with Crippen molar-refractivity contribution in [1.82, 2.24) is 15.5 Å². The van der Waals surface area contributed by atoms with Crippen LogP contribution in [0.2, 0.25) is 0 Å². The van der Waals surface area contributed by atoms with Gasteiger partial charge in [0.1, 0.15) is 17.1 Å². The number of rotatable bonds is 5. The van der Waals surface area contributed by atoms with Crippen molar-refractivity contribution < 1.29 is 14.1 Å². The molecule has 0 aliphatic heterocycles. The highest BCUT2D eigenvalue weighted by Gasteiger charge is 2.25. The number of aromatic amines is 1. The predicted octanol–water partition coefficient (Wildman–Crippen LogP) is 5.28. The maximum absolute atomic E-state index is 13.2. The fourth-order valence-corrected chi connectivity index (χ4v) is 4.34. The van der Waals surface area contributed by atoms with Crippen molar-refractivity contribution in [2.24, 2.45) is 5.92 Å². The van der Waals surface area contributed by atoms with E-state index in [-0.39, 0.29) is 17.7 Å². The summed E-state index contributed by atoms with van der Waals surface area (Å²) in [5.41, 5.74) is 2.48.